The maximum atomic E-state index is 12.2. The Morgan fingerprint density at radius 1 is 1.08 bits per heavy atom. The van der Waals surface area contributed by atoms with E-state index < -0.39 is 5.97 Å². The zero-order valence-electron chi connectivity index (χ0n) is 15.7. The van der Waals surface area contributed by atoms with Gasteiger partial charge in [-0.05, 0) is 39.3 Å². The molecular weight excluding hydrogens is 324 g/mol. The van der Waals surface area contributed by atoms with E-state index in [-0.39, 0.29) is 0 Å². The van der Waals surface area contributed by atoms with Gasteiger partial charge in [0.05, 0.1) is 22.5 Å². The Kier molecular flexibility index (Phi) is 4.94. The first-order valence-corrected chi connectivity index (χ1v) is 8.96. The number of fused-ring (bicyclic) bond motifs is 1. The molecule has 2 aromatic carbocycles. The molecule has 1 heterocycles. The van der Waals surface area contributed by atoms with Crippen LogP contribution in [0.15, 0.2) is 42.5 Å². The molecule has 0 saturated heterocycles. The zero-order chi connectivity index (χ0) is 18.8. The third-order valence-corrected chi connectivity index (χ3v) is 4.80. The van der Waals surface area contributed by atoms with Gasteiger partial charge in [0, 0.05) is 24.0 Å². The number of aromatic carboxylic acids is 1. The second-order valence-corrected chi connectivity index (χ2v) is 6.50. The van der Waals surface area contributed by atoms with Crippen LogP contribution in [0, 0.1) is 13.8 Å². The van der Waals surface area contributed by atoms with Crippen LogP contribution in [0.5, 0.6) is 0 Å². The molecule has 0 aliphatic rings. The van der Waals surface area contributed by atoms with Crippen LogP contribution in [0.3, 0.4) is 0 Å². The lowest BCUT2D eigenvalue weighted by molar-refractivity contribution is 0.0699. The first kappa shape index (κ1) is 17.9. The first-order chi connectivity index (χ1) is 12.5. The van der Waals surface area contributed by atoms with E-state index in [9.17, 15) is 9.90 Å². The van der Waals surface area contributed by atoms with Crippen LogP contribution in [0.1, 0.15) is 35.3 Å². The molecule has 0 unspecified atom stereocenters. The minimum atomic E-state index is -0.920. The monoisotopic (exact) mass is 348 g/mol. The summed E-state index contributed by atoms with van der Waals surface area (Å²) < 4.78 is 0. The Labute approximate surface area is 154 Å². The Morgan fingerprint density at radius 2 is 1.77 bits per heavy atom. The van der Waals surface area contributed by atoms with Crippen molar-refractivity contribution in [2.75, 3.05) is 18.0 Å². The number of carboxylic acids is 1. The molecular formula is C22H24N2O2. The maximum Gasteiger partial charge on any atom is 0.338 e. The van der Waals surface area contributed by atoms with Crippen molar-refractivity contribution in [3.05, 3.63) is 59.2 Å². The van der Waals surface area contributed by atoms with E-state index in [0.717, 1.165) is 16.8 Å². The third-order valence-electron chi connectivity index (χ3n) is 4.80. The van der Waals surface area contributed by atoms with E-state index in [4.69, 9.17) is 4.98 Å². The van der Waals surface area contributed by atoms with Crippen LogP contribution in [0.4, 0.5) is 5.69 Å². The fraction of sp³-hybridized carbons (Fsp3) is 0.273. The standard InChI is InChI=1S/C22H24N2O2/c1-5-24(6-2)21-19(22(25)26)17-9-7-8-10-18(17)23-20(21)16-12-11-14(3)13-15(16)4/h7-13H,5-6H2,1-4H3,(H,25,26). The SMILES string of the molecule is CCN(CC)c1c(-c2ccc(C)cc2C)nc2ccccc2c1C(=O)O. The van der Waals surface area contributed by atoms with Crippen molar-refractivity contribution in [1.29, 1.82) is 0 Å². The summed E-state index contributed by atoms with van der Waals surface area (Å²) in [5.41, 5.74) is 5.72. The number of anilines is 1. The number of rotatable bonds is 5. The largest absolute Gasteiger partial charge is 0.478 e. The lowest BCUT2D eigenvalue weighted by Gasteiger charge is -2.27. The van der Waals surface area contributed by atoms with Crippen LogP contribution in [-0.4, -0.2) is 29.1 Å². The van der Waals surface area contributed by atoms with Gasteiger partial charge in [-0.2, -0.15) is 0 Å². The van der Waals surface area contributed by atoms with Gasteiger partial charge in [-0.25, -0.2) is 9.78 Å². The molecule has 26 heavy (non-hydrogen) atoms. The van der Waals surface area contributed by atoms with E-state index in [2.05, 4.69) is 17.9 Å². The van der Waals surface area contributed by atoms with Crippen molar-refractivity contribution >= 4 is 22.6 Å². The van der Waals surface area contributed by atoms with Gasteiger partial charge in [0.2, 0.25) is 0 Å². The molecule has 0 bridgehead atoms. The van der Waals surface area contributed by atoms with Crippen molar-refractivity contribution in [2.24, 2.45) is 0 Å². The topological polar surface area (TPSA) is 53.4 Å². The fourth-order valence-corrected chi connectivity index (χ4v) is 3.53. The minimum Gasteiger partial charge on any atom is -0.478 e. The van der Waals surface area contributed by atoms with E-state index in [1.54, 1.807) is 0 Å². The van der Waals surface area contributed by atoms with Crippen LogP contribution in [0.2, 0.25) is 0 Å². The highest BCUT2D eigenvalue weighted by Gasteiger charge is 2.24. The summed E-state index contributed by atoms with van der Waals surface area (Å²) in [6.07, 6.45) is 0. The van der Waals surface area contributed by atoms with Crippen molar-refractivity contribution in [2.45, 2.75) is 27.7 Å². The van der Waals surface area contributed by atoms with E-state index in [0.29, 0.717) is 35.2 Å². The van der Waals surface area contributed by atoms with E-state index in [1.807, 2.05) is 57.2 Å². The molecule has 0 radical (unpaired) electrons. The molecule has 0 saturated carbocycles. The Morgan fingerprint density at radius 3 is 2.38 bits per heavy atom. The van der Waals surface area contributed by atoms with Gasteiger partial charge >= 0.3 is 5.97 Å². The van der Waals surface area contributed by atoms with Gasteiger partial charge in [-0.15, -0.1) is 0 Å². The number of para-hydroxylation sites is 1. The molecule has 0 atom stereocenters. The second kappa shape index (κ2) is 7.16. The smallest absolute Gasteiger partial charge is 0.338 e. The van der Waals surface area contributed by atoms with Gasteiger partial charge in [0.1, 0.15) is 0 Å². The summed E-state index contributed by atoms with van der Waals surface area (Å²) in [6.45, 7) is 9.61. The summed E-state index contributed by atoms with van der Waals surface area (Å²) in [5.74, 6) is -0.920. The third kappa shape index (κ3) is 3.03. The van der Waals surface area contributed by atoms with Crippen LogP contribution >= 0.6 is 0 Å². The zero-order valence-corrected chi connectivity index (χ0v) is 15.7. The minimum absolute atomic E-state index is 0.328. The molecule has 3 rings (SSSR count). The number of nitrogens with zero attached hydrogens (tertiary/aromatic N) is 2. The molecule has 0 amide bonds. The molecule has 0 spiro atoms. The van der Waals surface area contributed by atoms with Crippen LogP contribution < -0.4 is 4.90 Å². The first-order valence-electron chi connectivity index (χ1n) is 8.96. The van der Waals surface area contributed by atoms with Crippen LogP contribution in [0.25, 0.3) is 22.2 Å². The molecule has 0 fully saturated rings. The molecule has 3 aromatic rings. The van der Waals surface area contributed by atoms with E-state index >= 15 is 0 Å². The Hall–Kier alpha value is -2.88. The summed E-state index contributed by atoms with van der Waals surface area (Å²) in [7, 11) is 0. The molecule has 4 heteroatoms. The van der Waals surface area contributed by atoms with Crippen LogP contribution in [-0.2, 0) is 0 Å². The number of aromatic nitrogens is 1. The number of aryl methyl sites for hydroxylation is 2. The van der Waals surface area contributed by atoms with Crippen molar-refractivity contribution in [3.8, 4) is 11.3 Å². The van der Waals surface area contributed by atoms with Gasteiger partial charge in [-0.3, -0.25) is 0 Å². The highest BCUT2D eigenvalue weighted by atomic mass is 16.4. The highest BCUT2D eigenvalue weighted by Crippen LogP contribution is 2.38. The van der Waals surface area contributed by atoms with Crippen molar-refractivity contribution in [1.82, 2.24) is 4.98 Å². The molecule has 1 aromatic heterocycles. The summed E-state index contributed by atoms with van der Waals surface area (Å²) >= 11 is 0. The Bertz CT molecular complexity index is 975. The molecule has 1 N–H and O–H groups in total. The Balaban J connectivity index is 2.47. The second-order valence-electron chi connectivity index (χ2n) is 6.50. The predicted octanol–water partition coefficient (Wildman–Crippen LogP) is 5.06. The predicted molar refractivity (Wildman–Crippen MR) is 107 cm³/mol. The highest BCUT2D eigenvalue weighted by molar-refractivity contribution is 6.10. The lowest BCUT2D eigenvalue weighted by Crippen LogP contribution is -2.26. The average Bonchev–Trinajstić information content (AvgIpc) is 2.62. The summed E-state index contributed by atoms with van der Waals surface area (Å²) in [5, 5.41) is 10.7. The van der Waals surface area contributed by atoms with Gasteiger partial charge in [0.25, 0.3) is 0 Å². The van der Waals surface area contributed by atoms with Gasteiger partial charge < -0.3 is 10.0 Å². The normalized spacial score (nSPS) is 10.9. The fourth-order valence-electron chi connectivity index (χ4n) is 3.53. The quantitative estimate of drug-likeness (QED) is 0.700. The van der Waals surface area contributed by atoms with Gasteiger partial charge in [-0.1, -0.05) is 42.0 Å². The van der Waals surface area contributed by atoms with Crippen molar-refractivity contribution in [3.63, 3.8) is 0 Å². The lowest BCUT2D eigenvalue weighted by atomic mass is 9.96. The number of pyridine rings is 1. The van der Waals surface area contributed by atoms with E-state index in [1.165, 1.54) is 5.56 Å². The number of hydrogen-bond acceptors (Lipinski definition) is 3. The molecule has 0 aliphatic heterocycles. The molecule has 4 nitrogen and oxygen atoms in total. The number of carboxylic acid groups (broad SMARTS) is 1. The van der Waals surface area contributed by atoms with Gasteiger partial charge in [0.15, 0.2) is 0 Å². The molecule has 134 valence electrons. The van der Waals surface area contributed by atoms with Crippen molar-refractivity contribution < 1.29 is 9.90 Å². The summed E-state index contributed by atoms with van der Waals surface area (Å²) in [6, 6.07) is 13.7. The number of carbonyl (C=O) groups is 1. The maximum absolute atomic E-state index is 12.2. The average molecular weight is 348 g/mol. The summed E-state index contributed by atoms with van der Waals surface area (Å²) in [4.78, 5) is 19.2. The number of benzene rings is 2. The molecule has 0 aliphatic carbocycles. The number of hydrogen-bond donors (Lipinski definition) is 1.